The number of hydrogen-bond donors (Lipinski definition) is 3. The Morgan fingerprint density at radius 3 is 2.82 bits per heavy atom. The Balaban J connectivity index is 1.55. The van der Waals surface area contributed by atoms with Crippen molar-refractivity contribution in [3.05, 3.63) is 41.7 Å². The molecule has 1 fully saturated rings. The van der Waals surface area contributed by atoms with Crippen molar-refractivity contribution < 1.29 is 19.1 Å². The van der Waals surface area contributed by atoms with Gasteiger partial charge < -0.3 is 15.4 Å². The lowest BCUT2D eigenvalue weighted by atomic mass is 10.1. The number of rotatable bonds is 9. The fourth-order valence-corrected chi connectivity index (χ4v) is 4.55. The third kappa shape index (κ3) is 5.87. The molecular formula is C20H21N7O4S2. The molecule has 4 rings (SSSR count). The lowest BCUT2D eigenvalue weighted by Crippen LogP contribution is -2.53. The van der Waals surface area contributed by atoms with Crippen molar-refractivity contribution in [1.29, 1.82) is 0 Å². The van der Waals surface area contributed by atoms with Gasteiger partial charge in [-0.3, -0.25) is 19.5 Å². The van der Waals surface area contributed by atoms with Gasteiger partial charge in [0.25, 0.3) is 0 Å². The van der Waals surface area contributed by atoms with Gasteiger partial charge in [-0.1, -0.05) is 11.8 Å². The third-order valence-electron chi connectivity index (χ3n) is 4.57. The molecule has 11 nitrogen and oxygen atoms in total. The Labute approximate surface area is 197 Å². The van der Waals surface area contributed by atoms with Crippen molar-refractivity contribution in [1.82, 2.24) is 30.4 Å². The second-order valence-corrected chi connectivity index (χ2v) is 8.80. The maximum Gasteiger partial charge on any atom is 0.321 e. The summed E-state index contributed by atoms with van der Waals surface area (Å²) in [6.45, 7) is 2.46. The molecule has 1 aliphatic rings. The number of amides is 4. The summed E-state index contributed by atoms with van der Waals surface area (Å²) in [5.74, 6) is 0.835. The van der Waals surface area contributed by atoms with Gasteiger partial charge >= 0.3 is 6.03 Å². The molecule has 0 aliphatic carbocycles. The van der Waals surface area contributed by atoms with Crippen LogP contribution in [0.2, 0.25) is 0 Å². The normalized spacial score (nSPS) is 15.6. The SMILES string of the molecule is CCOc1ccc(-n2c(CC3CC(=O)NC(=O)N3)nnc2SCC(=O)Nc2nccs2)cc1. The van der Waals surface area contributed by atoms with Gasteiger partial charge in [0.15, 0.2) is 10.3 Å². The number of aromatic nitrogens is 4. The highest BCUT2D eigenvalue weighted by Crippen LogP contribution is 2.25. The number of nitrogens with zero attached hydrogens (tertiary/aromatic N) is 4. The molecule has 13 heteroatoms. The highest BCUT2D eigenvalue weighted by Gasteiger charge is 2.27. The maximum absolute atomic E-state index is 12.3. The molecule has 1 saturated heterocycles. The molecule has 1 aromatic carbocycles. The van der Waals surface area contributed by atoms with Gasteiger partial charge in [-0.2, -0.15) is 0 Å². The van der Waals surface area contributed by atoms with E-state index in [0.717, 1.165) is 11.4 Å². The fraction of sp³-hybridized carbons (Fsp3) is 0.300. The van der Waals surface area contributed by atoms with Crippen molar-refractivity contribution in [2.45, 2.75) is 31.0 Å². The van der Waals surface area contributed by atoms with Gasteiger partial charge in [0, 0.05) is 36.1 Å². The predicted octanol–water partition coefficient (Wildman–Crippen LogP) is 1.99. The topological polar surface area (TPSA) is 140 Å². The number of benzene rings is 1. The summed E-state index contributed by atoms with van der Waals surface area (Å²) >= 11 is 2.56. The summed E-state index contributed by atoms with van der Waals surface area (Å²) in [6.07, 6.45) is 2.05. The zero-order chi connectivity index (χ0) is 23.2. The van der Waals surface area contributed by atoms with E-state index in [1.807, 2.05) is 35.8 Å². The Morgan fingerprint density at radius 2 is 2.12 bits per heavy atom. The molecule has 3 heterocycles. The summed E-state index contributed by atoms with van der Waals surface area (Å²) < 4.78 is 7.33. The molecule has 2 aromatic heterocycles. The van der Waals surface area contributed by atoms with Crippen molar-refractivity contribution >= 4 is 46.1 Å². The van der Waals surface area contributed by atoms with Gasteiger partial charge in [0.2, 0.25) is 11.8 Å². The van der Waals surface area contributed by atoms with Crippen LogP contribution in [0.25, 0.3) is 5.69 Å². The number of thiazole rings is 1. The highest BCUT2D eigenvalue weighted by molar-refractivity contribution is 7.99. The Morgan fingerprint density at radius 1 is 1.30 bits per heavy atom. The quantitative estimate of drug-likeness (QED) is 0.389. The van der Waals surface area contributed by atoms with Crippen LogP contribution in [0.5, 0.6) is 5.75 Å². The predicted molar refractivity (Wildman–Crippen MR) is 123 cm³/mol. The molecule has 0 spiro atoms. The zero-order valence-electron chi connectivity index (χ0n) is 17.6. The van der Waals surface area contributed by atoms with Crippen LogP contribution < -0.4 is 20.7 Å². The summed E-state index contributed by atoms with van der Waals surface area (Å²) in [5, 5.41) is 19.1. The number of carbonyl (C=O) groups excluding carboxylic acids is 3. The minimum atomic E-state index is -0.531. The fourth-order valence-electron chi connectivity index (χ4n) is 3.23. The molecule has 0 bridgehead atoms. The Bertz CT molecular complexity index is 1120. The van der Waals surface area contributed by atoms with Crippen molar-refractivity contribution in [3.8, 4) is 11.4 Å². The molecule has 0 saturated carbocycles. The van der Waals surface area contributed by atoms with Crippen LogP contribution in [-0.2, 0) is 16.0 Å². The molecule has 0 radical (unpaired) electrons. The largest absolute Gasteiger partial charge is 0.494 e. The second kappa shape index (κ2) is 10.4. The van der Waals surface area contributed by atoms with Crippen LogP contribution in [0.3, 0.4) is 0 Å². The maximum atomic E-state index is 12.3. The molecule has 1 aliphatic heterocycles. The number of nitrogens with one attached hydrogen (secondary N) is 3. The van der Waals surface area contributed by atoms with E-state index >= 15 is 0 Å². The van der Waals surface area contributed by atoms with Crippen LogP contribution in [0, 0.1) is 0 Å². The van der Waals surface area contributed by atoms with E-state index in [4.69, 9.17) is 4.74 Å². The smallest absolute Gasteiger partial charge is 0.321 e. The Kier molecular flexibility index (Phi) is 7.19. The first-order valence-electron chi connectivity index (χ1n) is 10.1. The van der Waals surface area contributed by atoms with Gasteiger partial charge in [0.05, 0.1) is 12.4 Å². The molecule has 33 heavy (non-hydrogen) atoms. The summed E-state index contributed by atoms with van der Waals surface area (Å²) in [7, 11) is 0. The highest BCUT2D eigenvalue weighted by atomic mass is 32.2. The van der Waals surface area contributed by atoms with Crippen LogP contribution in [0.1, 0.15) is 19.2 Å². The molecule has 3 aromatic rings. The van der Waals surface area contributed by atoms with E-state index in [1.165, 1.54) is 23.1 Å². The van der Waals surface area contributed by atoms with Crippen LogP contribution in [0.4, 0.5) is 9.93 Å². The third-order valence-corrected chi connectivity index (χ3v) is 6.18. The van der Waals surface area contributed by atoms with E-state index in [-0.39, 0.29) is 24.0 Å². The van der Waals surface area contributed by atoms with Gasteiger partial charge in [0.1, 0.15) is 11.6 Å². The van der Waals surface area contributed by atoms with Crippen LogP contribution in [-0.4, -0.2) is 56.0 Å². The number of anilines is 1. The number of ether oxygens (including phenoxy) is 1. The molecule has 1 atom stereocenters. The van der Waals surface area contributed by atoms with E-state index in [0.29, 0.717) is 29.1 Å². The van der Waals surface area contributed by atoms with Crippen molar-refractivity contribution in [2.24, 2.45) is 0 Å². The van der Waals surface area contributed by atoms with Crippen LogP contribution in [0.15, 0.2) is 41.0 Å². The number of thioether (sulfide) groups is 1. The average molecular weight is 488 g/mol. The summed E-state index contributed by atoms with van der Waals surface area (Å²) in [5.41, 5.74) is 0.771. The monoisotopic (exact) mass is 487 g/mol. The minimum absolute atomic E-state index is 0.108. The molecule has 1 unspecified atom stereocenters. The first-order chi connectivity index (χ1) is 16.0. The van der Waals surface area contributed by atoms with E-state index in [2.05, 4.69) is 31.1 Å². The molecule has 172 valence electrons. The lowest BCUT2D eigenvalue weighted by molar-refractivity contribution is -0.121. The van der Waals surface area contributed by atoms with Gasteiger partial charge in [-0.15, -0.1) is 21.5 Å². The summed E-state index contributed by atoms with van der Waals surface area (Å²) in [6, 6.07) is 6.46. The first-order valence-corrected chi connectivity index (χ1v) is 12.0. The minimum Gasteiger partial charge on any atom is -0.494 e. The van der Waals surface area contributed by atoms with Crippen molar-refractivity contribution in [3.63, 3.8) is 0 Å². The zero-order valence-corrected chi connectivity index (χ0v) is 19.2. The summed E-state index contributed by atoms with van der Waals surface area (Å²) in [4.78, 5) is 39.8. The lowest BCUT2D eigenvalue weighted by Gasteiger charge is -2.23. The standard InChI is InChI=1S/C20H21N7O4S2/c1-2-31-14-5-3-13(4-6-14)27-15(9-12-10-16(28)23-18(30)22-12)25-26-20(27)33-11-17(29)24-19-21-7-8-32-19/h3-8,12H,2,9-11H2,1H3,(H,21,24,29)(H2,22,23,28,30). The van der Waals surface area contributed by atoms with E-state index < -0.39 is 12.1 Å². The molecular weight excluding hydrogens is 466 g/mol. The van der Waals surface area contributed by atoms with E-state index in [1.54, 1.807) is 11.6 Å². The second-order valence-electron chi connectivity index (χ2n) is 6.96. The van der Waals surface area contributed by atoms with E-state index in [9.17, 15) is 14.4 Å². The Hall–Kier alpha value is -3.45. The first kappa shape index (κ1) is 22.7. The van der Waals surface area contributed by atoms with Gasteiger partial charge in [-0.05, 0) is 31.2 Å². The van der Waals surface area contributed by atoms with Gasteiger partial charge in [-0.25, -0.2) is 9.78 Å². The van der Waals surface area contributed by atoms with Crippen LogP contribution >= 0.6 is 23.1 Å². The average Bonchev–Trinajstić information content (AvgIpc) is 3.42. The molecule has 3 N–H and O–H groups in total. The van der Waals surface area contributed by atoms with Crippen molar-refractivity contribution in [2.75, 3.05) is 17.7 Å². The number of carbonyl (C=O) groups is 3. The number of urea groups is 1. The number of hydrogen-bond acceptors (Lipinski definition) is 9. The molecule has 4 amide bonds. The number of imide groups is 1.